The van der Waals surface area contributed by atoms with Crippen molar-refractivity contribution in [3.8, 4) is 5.75 Å². The number of ether oxygens (including phenoxy) is 2. The van der Waals surface area contributed by atoms with Gasteiger partial charge in [-0.1, -0.05) is 67.2 Å². The van der Waals surface area contributed by atoms with Crippen LogP contribution in [0, 0.1) is 11.9 Å². The summed E-state index contributed by atoms with van der Waals surface area (Å²) < 4.78 is 65.9. The number of esters is 1. The molecule has 3 heterocycles. The zero-order valence-corrected chi connectivity index (χ0v) is 30.0. The molecule has 55 heavy (non-hydrogen) atoms. The Bertz CT molecular complexity index is 2200. The van der Waals surface area contributed by atoms with Crippen molar-refractivity contribution in [3.63, 3.8) is 0 Å². The first-order valence-corrected chi connectivity index (χ1v) is 18.3. The zero-order valence-electron chi connectivity index (χ0n) is 29.1. The normalized spacial score (nSPS) is 20.3. The molecule has 0 radical (unpaired) electrons. The van der Waals surface area contributed by atoms with E-state index >= 15 is 0 Å². The third-order valence-corrected chi connectivity index (χ3v) is 9.94. The number of imidazole rings is 1. The summed E-state index contributed by atoms with van der Waals surface area (Å²) in [6.45, 7) is 5.07. The lowest BCUT2D eigenvalue weighted by atomic mass is 10.1. The molecule has 2 aromatic heterocycles. The molecular weight excluding hydrogens is 743 g/mol. The molecule has 7 atom stereocenters. The number of benzene rings is 3. The van der Waals surface area contributed by atoms with Crippen LogP contribution < -0.4 is 20.7 Å². The average molecular weight is 780 g/mol. The second-order valence-corrected chi connectivity index (χ2v) is 14.0. The molecule has 3 aromatic carbocycles. The van der Waals surface area contributed by atoms with E-state index in [1.807, 2.05) is 6.07 Å². The largest absolute Gasteiger partial charge is 0.513 e. The Morgan fingerprint density at radius 2 is 1.67 bits per heavy atom. The summed E-state index contributed by atoms with van der Waals surface area (Å²) in [6.07, 6.45) is -6.72. The molecule has 288 valence electrons. The monoisotopic (exact) mass is 779 g/mol. The molecule has 6 N–H and O–H groups in total. The molecule has 0 bridgehead atoms. The minimum Gasteiger partial charge on any atom is -0.460 e. The van der Waals surface area contributed by atoms with Crippen molar-refractivity contribution in [1.82, 2.24) is 24.6 Å². The topological polar surface area (TPSA) is 222 Å². The Morgan fingerprint density at radius 3 is 2.36 bits per heavy atom. The molecule has 0 spiro atoms. The number of carbonyl (C=O) groups excluding carboxylic acids is 2. The van der Waals surface area contributed by atoms with Gasteiger partial charge < -0.3 is 39.8 Å². The lowest BCUT2D eigenvalue weighted by Crippen LogP contribution is -2.37. The quantitative estimate of drug-likeness (QED) is 0.0443. The van der Waals surface area contributed by atoms with Gasteiger partial charge in [-0.05, 0) is 48.7 Å². The first-order valence-electron chi connectivity index (χ1n) is 16.7. The highest BCUT2D eigenvalue weighted by molar-refractivity contribution is 7.52. The maximum Gasteiger partial charge on any atom is 0.513 e. The number of nitrogens with zero attached hydrogens (tertiary/aromatic N) is 4. The van der Waals surface area contributed by atoms with Gasteiger partial charge in [-0.2, -0.15) is 19.4 Å². The summed E-state index contributed by atoms with van der Waals surface area (Å²) in [5, 5.41) is 27.1. The van der Waals surface area contributed by atoms with Crippen LogP contribution in [0.4, 0.5) is 14.6 Å². The van der Waals surface area contributed by atoms with Gasteiger partial charge in [-0.15, -0.1) is 0 Å². The van der Waals surface area contributed by atoms with Crippen LogP contribution in [-0.2, 0) is 41.2 Å². The standard InChI is InChI=1S/C36H36F2N7O9P/c1-20(35(49)51-18-23-9-5-3-6-10-23)44-55(50,54-25-11-7-4-8-12-25)53-21(2)30-28(46)29(47)34(52-30)45-19-40-27-31(42-36(38)43-32(27)45)41-33(48)26(39)17-22-13-15-24(37)16-14-22/h3-16,19-20,26,28-30,34,46-47H,2,17-18,39H2,1H3,(H,44,50)(H,41,42,43,48)/t20?,26?,28-,29-,30-,34?,55?/m0/s1. The summed E-state index contributed by atoms with van der Waals surface area (Å²) in [5.41, 5.74) is 6.97. The smallest absolute Gasteiger partial charge is 0.460 e. The number of para-hydroxylation sites is 1. The highest BCUT2D eigenvalue weighted by Crippen LogP contribution is 2.49. The minimum absolute atomic E-state index is 0.0285. The summed E-state index contributed by atoms with van der Waals surface area (Å²) in [6, 6.07) is 19.8. The van der Waals surface area contributed by atoms with Crippen molar-refractivity contribution in [2.75, 3.05) is 5.32 Å². The van der Waals surface area contributed by atoms with E-state index < -0.39 is 73.9 Å². The Balaban J connectivity index is 1.17. The number of aliphatic hydroxyl groups excluding tert-OH is 2. The SMILES string of the molecule is C=C(OP(=O)(NC(C)C(=O)OCc1ccccc1)Oc1ccccc1)[C@@H]1OC(n2cnc3c(NC(=O)C(N)Cc4ccc(F)cc4)nc(F)nc32)[C@@H](O)[C@@H]1O. The van der Waals surface area contributed by atoms with Crippen molar-refractivity contribution < 1.29 is 51.7 Å². The van der Waals surface area contributed by atoms with Crippen LogP contribution in [0.5, 0.6) is 5.75 Å². The fourth-order valence-electron chi connectivity index (χ4n) is 5.54. The molecule has 4 unspecified atom stereocenters. The van der Waals surface area contributed by atoms with Gasteiger partial charge in [0.1, 0.15) is 48.3 Å². The Kier molecular flexibility index (Phi) is 11.9. The van der Waals surface area contributed by atoms with Crippen LogP contribution in [0.2, 0.25) is 0 Å². The number of hydrogen-bond donors (Lipinski definition) is 5. The molecule has 1 aliphatic rings. The first kappa shape index (κ1) is 39.1. The molecular formula is C36H36F2N7O9P. The maximum absolute atomic E-state index is 14.8. The Labute approximate surface area is 312 Å². The predicted octanol–water partition coefficient (Wildman–Crippen LogP) is 3.67. The lowest BCUT2D eigenvalue weighted by molar-refractivity contribution is -0.146. The first-order chi connectivity index (χ1) is 26.3. The molecule has 1 fully saturated rings. The van der Waals surface area contributed by atoms with Crippen LogP contribution in [0.25, 0.3) is 11.2 Å². The highest BCUT2D eigenvalue weighted by atomic mass is 31.2. The van der Waals surface area contributed by atoms with Gasteiger partial charge in [0.25, 0.3) is 0 Å². The summed E-state index contributed by atoms with van der Waals surface area (Å²) in [5.74, 6) is -2.73. The number of nitrogens with one attached hydrogen (secondary N) is 2. The van der Waals surface area contributed by atoms with E-state index in [2.05, 4.69) is 31.9 Å². The number of nitrogens with two attached hydrogens (primary N) is 1. The molecule has 1 saturated heterocycles. The number of carbonyl (C=O) groups is 2. The third-order valence-electron chi connectivity index (χ3n) is 8.31. The van der Waals surface area contributed by atoms with Gasteiger partial charge in [0.15, 0.2) is 23.2 Å². The van der Waals surface area contributed by atoms with Gasteiger partial charge in [0.05, 0.1) is 12.4 Å². The van der Waals surface area contributed by atoms with E-state index in [9.17, 15) is 33.1 Å². The Hall–Kier alpha value is -5.62. The molecule has 0 saturated carbocycles. The van der Waals surface area contributed by atoms with Crippen LogP contribution in [-0.4, -0.2) is 72.0 Å². The fourth-order valence-corrected chi connectivity index (χ4v) is 7.07. The van der Waals surface area contributed by atoms with Gasteiger partial charge in [-0.3, -0.25) is 14.2 Å². The number of halogens is 2. The van der Waals surface area contributed by atoms with Crippen LogP contribution in [0.3, 0.4) is 0 Å². The molecule has 1 aliphatic heterocycles. The average Bonchev–Trinajstić information content (AvgIpc) is 3.71. The number of rotatable bonds is 15. The molecule has 1 amide bonds. The van der Waals surface area contributed by atoms with Gasteiger partial charge in [-0.25, -0.2) is 13.9 Å². The van der Waals surface area contributed by atoms with E-state index in [1.165, 1.54) is 43.3 Å². The van der Waals surface area contributed by atoms with Crippen molar-refractivity contribution in [2.24, 2.45) is 5.73 Å². The second kappa shape index (κ2) is 16.8. The van der Waals surface area contributed by atoms with E-state index in [0.29, 0.717) is 5.56 Å². The van der Waals surface area contributed by atoms with E-state index in [4.69, 9.17) is 24.3 Å². The van der Waals surface area contributed by atoms with Crippen molar-refractivity contribution in [3.05, 3.63) is 127 Å². The van der Waals surface area contributed by atoms with E-state index in [1.54, 1.807) is 42.5 Å². The summed E-state index contributed by atoms with van der Waals surface area (Å²) >= 11 is 0. The molecule has 5 aromatic rings. The summed E-state index contributed by atoms with van der Waals surface area (Å²) in [4.78, 5) is 37.3. The van der Waals surface area contributed by atoms with Crippen molar-refractivity contribution in [1.29, 1.82) is 0 Å². The molecule has 0 aliphatic carbocycles. The van der Waals surface area contributed by atoms with E-state index in [-0.39, 0.29) is 35.8 Å². The number of fused-ring (bicyclic) bond motifs is 1. The third kappa shape index (κ3) is 9.37. The van der Waals surface area contributed by atoms with Gasteiger partial charge >= 0.3 is 19.8 Å². The summed E-state index contributed by atoms with van der Waals surface area (Å²) in [7, 11) is -4.56. The number of anilines is 1. The van der Waals surface area contributed by atoms with Crippen LogP contribution in [0.1, 0.15) is 24.3 Å². The lowest BCUT2D eigenvalue weighted by Gasteiger charge is -2.26. The zero-order chi connectivity index (χ0) is 39.3. The van der Waals surface area contributed by atoms with Gasteiger partial charge in [0, 0.05) is 0 Å². The van der Waals surface area contributed by atoms with Crippen LogP contribution >= 0.6 is 7.75 Å². The molecule has 16 nitrogen and oxygen atoms in total. The predicted molar refractivity (Wildman–Crippen MR) is 192 cm³/mol. The fraction of sp³-hybridized carbons (Fsp3) is 0.250. The van der Waals surface area contributed by atoms with E-state index in [0.717, 1.165) is 16.5 Å². The molecule has 19 heteroatoms. The maximum atomic E-state index is 14.8. The second-order valence-electron chi connectivity index (χ2n) is 12.4. The van der Waals surface area contributed by atoms with Crippen LogP contribution in [0.15, 0.2) is 104 Å². The Morgan fingerprint density at radius 1 is 1.00 bits per heavy atom. The number of aliphatic hydroxyl groups is 2. The van der Waals surface area contributed by atoms with Gasteiger partial charge in [0.2, 0.25) is 5.91 Å². The van der Waals surface area contributed by atoms with Crippen molar-refractivity contribution >= 4 is 36.6 Å². The number of amides is 1. The van der Waals surface area contributed by atoms with Crippen molar-refractivity contribution in [2.45, 2.75) is 56.6 Å². The number of aromatic nitrogens is 4. The highest BCUT2D eigenvalue weighted by Gasteiger charge is 2.48. The molecule has 6 rings (SSSR count). The number of hydrogen-bond acceptors (Lipinski definition) is 13. The minimum atomic E-state index is -4.56.